The molecular formula is C4H7IO2. The van der Waals surface area contributed by atoms with Crippen molar-refractivity contribution < 1.29 is 9.47 Å². The van der Waals surface area contributed by atoms with Gasteiger partial charge in [-0.3, -0.25) is 0 Å². The largest absolute Gasteiger partial charge is 0.349 e. The predicted octanol–water partition coefficient (Wildman–Crippen LogP) is 0.794. The topological polar surface area (TPSA) is 18.5 Å². The van der Waals surface area contributed by atoms with Crippen LogP contribution in [0.1, 0.15) is 0 Å². The number of hydrogen-bond acceptors (Lipinski definition) is 2. The molecule has 1 heterocycles. The fourth-order valence-electron chi connectivity index (χ4n) is 0.496. The van der Waals surface area contributed by atoms with Gasteiger partial charge in [0.2, 0.25) is 0 Å². The zero-order chi connectivity index (χ0) is 5.11. The van der Waals surface area contributed by atoms with E-state index in [1.807, 2.05) is 0 Å². The molecule has 0 N–H and O–H groups in total. The molecule has 0 bridgehead atoms. The van der Waals surface area contributed by atoms with Gasteiger partial charge in [-0.05, 0) is 0 Å². The van der Waals surface area contributed by atoms with Gasteiger partial charge in [0, 0.05) is 0 Å². The summed E-state index contributed by atoms with van der Waals surface area (Å²) < 4.78 is 11.1. The molecule has 7 heavy (non-hydrogen) atoms. The molecule has 3 heteroatoms. The summed E-state index contributed by atoms with van der Waals surface area (Å²) in [4.78, 5) is 0. The minimum absolute atomic E-state index is 0.0839. The Morgan fingerprint density at radius 2 is 2.00 bits per heavy atom. The zero-order valence-corrected chi connectivity index (χ0v) is 6.05. The SMILES string of the molecule is ICC1OCCO1. The molecular weight excluding hydrogens is 207 g/mol. The summed E-state index contributed by atoms with van der Waals surface area (Å²) in [6.45, 7) is 1.54. The van der Waals surface area contributed by atoms with Gasteiger partial charge in [-0.1, -0.05) is 22.6 Å². The van der Waals surface area contributed by atoms with Gasteiger partial charge < -0.3 is 9.47 Å². The lowest BCUT2D eigenvalue weighted by Crippen LogP contribution is -2.07. The number of halogens is 1. The summed E-state index contributed by atoms with van der Waals surface area (Å²) in [5.74, 6) is 0. The van der Waals surface area contributed by atoms with Gasteiger partial charge >= 0.3 is 0 Å². The van der Waals surface area contributed by atoms with Gasteiger partial charge in [0.05, 0.1) is 17.6 Å². The Morgan fingerprint density at radius 1 is 1.43 bits per heavy atom. The molecule has 1 aliphatic rings. The summed E-state index contributed by atoms with van der Waals surface area (Å²) >= 11 is 2.24. The van der Waals surface area contributed by atoms with Crippen molar-refractivity contribution in [1.82, 2.24) is 0 Å². The molecule has 0 aromatic rings. The van der Waals surface area contributed by atoms with Gasteiger partial charge in [-0.2, -0.15) is 0 Å². The lowest BCUT2D eigenvalue weighted by molar-refractivity contribution is -0.0191. The smallest absolute Gasteiger partial charge is 0.166 e. The first-order valence-electron chi connectivity index (χ1n) is 2.22. The summed E-state index contributed by atoms with van der Waals surface area (Å²) in [7, 11) is 0. The highest BCUT2D eigenvalue weighted by Gasteiger charge is 2.12. The van der Waals surface area contributed by atoms with E-state index in [0.717, 1.165) is 17.6 Å². The fraction of sp³-hybridized carbons (Fsp3) is 1.00. The van der Waals surface area contributed by atoms with Crippen LogP contribution in [0.3, 0.4) is 0 Å². The van der Waals surface area contributed by atoms with E-state index >= 15 is 0 Å². The first-order valence-corrected chi connectivity index (χ1v) is 3.75. The van der Waals surface area contributed by atoms with E-state index in [2.05, 4.69) is 22.6 Å². The average molecular weight is 214 g/mol. The van der Waals surface area contributed by atoms with Crippen LogP contribution in [0, 0.1) is 0 Å². The second kappa shape index (κ2) is 2.84. The second-order valence-electron chi connectivity index (χ2n) is 1.33. The quantitative estimate of drug-likeness (QED) is 0.474. The Balaban J connectivity index is 2.14. The van der Waals surface area contributed by atoms with Crippen LogP contribution in [0.4, 0.5) is 0 Å². The summed E-state index contributed by atoms with van der Waals surface area (Å²) in [6, 6.07) is 0. The van der Waals surface area contributed by atoms with Gasteiger partial charge in [0.1, 0.15) is 0 Å². The van der Waals surface area contributed by atoms with E-state index < -0.39 is 0 Å². The highest BCUT2D eigenvalue weighted by molar-refractivity contribution is 14.1. The van der Waals surface area contributed by atoms with Crippen LogP contribution in [-0.4, -0.2) is 23.9 Å². The molecule has 0 aromatic heterocycles. The number of ether oxygens (including phenoxy) is 2. The second-order valence-corrected chi connectivity index (χ2v) is 2.21. The molecule has 1 saturated heterocycles. The third-order valence-corrected chi connectivity index (χ3v) is 1.54. The maximum Gasteiger partial charge on any atom is 0.166 e. The Bertz CT molecular complexity index is 51.7. The van der Waals surface area contributed by atoms with Crippen LogP contribution in [0.2, 0.25) is 0 Å². The monoisotopic (exact) mass is 214 g/mol. The van der Waals surface area contributed by atoms with Gasteiger partial charge in [-0.25, -0.2) is 0 Å². The van der Waals surface area contributed by atoms with Gasteiger partial charge in [0.25, 0.3) is 0 Å². The van der Waals surface area contributed by atoms with E-state index in [0.29, 0.717) is 0 Å². The standard InChI is InChI=1S/C4H7IO2/c5-3-4-6-1-2-7-4/h4H,1-3H2. The van der Waals surface area contributed by atoms with E-state index in [1.165, 1.54) is 0 Å². The van der Waals surface area contributed by atoms with Crippen molar-refractivity contribution in [1.29, 1.82) is 0 Å². The Hall–Kier alpha value is 0.650. The normalized spacial score (nSPS) is 23.6. The molecule has 1 aliphatic heterocycles. The molecule has 0 atom stereocenters. The van der Waals surface area contributed by atoms with Crippen molar-refractivity contribution in [2.24, 2.45) is 0 Å². The molecule has 0 saturated carbocycles. The molecule has 0 aliphatic carbocycles. The molecule has 0 spiro atoms. The van der Waals surface area contributed by atoms with E-state index in [4.69, 9.17) is 9.47 Å². The van der Waals surface area contributed by atoms with Crippen molar-refractivity contribution in [3.8, 4) is 0 Å². The van der Waals surface area contributed by atoms with Crippen LogP contribution in [0.5, 0.6) is 0 Å². The Morgan fingerprint density at radius 3 is 2.29 bits per heavy atom. The molecule has 1 rings (SSSR count). The lowest BCUT2D eigenvalue weighted by atomic mass is 10.8. The predicted molar refractivity (Wildman–Crippen MR) is 34.6 cm³/mol. The molecule has 0 unspecified atom stereocenters. The minimum atomic E-state index is 0.0839. The van der Waals surface area contributed by atoms with E-state index in [9.17, 15) is 0 Å². The molecule has 0 amide bonds. The first-order chi connectivity index (χ1) is 3.43. The van der Waals surface area contributed by atoms with Crippen LogP contribution in [0.15, 0.2) is 0 Å². The minimum Gasteiger partial charge on any atom is -0.349 e. The van der Waals surface area contributed by atoms with Crippen LogP contribution < -0.4 is 0 Å². The first kappa shape index (κ1) is 5.78. The molecule has 42 valence electrons. The summed E-state index contributed by atoms with van der Waals surface area (Å²) in [6.07, 6.45) is 0.0839. The maximum absolute atomic E-state index is 5.07. The third kappa shape index (κ3) is 1.54. The molecule has 0 radical (unpaired) electrons. The summed E-state index contributed by atoms with van der Waals surface area (Å²) in [5.41, 5.74) is 0. The van der Waals surface area contributed by atoms with E-state index in [-0.39, 0.29) is 6.29 Å². The van der Waals surface area contributed by atoms with Crippen molar-refractivity contribution in [2.75, 3.05) is 17.6 Å². The fourth-order valence-corrected chi connectivity index (χ4v) is 1.00. The van der Waals surface area contributed by atoms with Crippen molar-refractivity contribution >= 4 is 22.6 Å². The Labute approximate surface area is 56.3 Å². The zero-order valence-electron chi connectivity index (χ0n) is 3.89. The Kier molecular flexibility index (Phi) is 2.34. The molecule has 2 nitrogen and oxygen atoms in total. The van der Waals surface area contributed by atoms with Crippen LogP contribution in [0.25, 0.3) is 0 Å². The van der Waals surface area contributed by atoms with Gasteiger partial charge in [-0.15, -0.1) is 0 Å². The number of rotatable bonds is 1. The van der Waals surface area contributed by atoms with Crippen molar-refractivity contribution in [2.45, 2.75) is 6.29 Å². The lowest BCUT2D eigenvalue weighted by Gasteiger charge is -2.00. The average Bonchev–Trinajstić information content (AvgIpc) is 2.14. The van der Waals surface area contributed by atoms with Crippen LogP contribution >= 0.6 is 22.6 Å². The third-order valence-electron chi connectivity index (χ3n) is 0.817. The molecule has 0 aromatic carbocycles. The van der Waals surface area contributed by atoms with Crippen LogP contribution in [-0.2, 0) is 9.47 Å². The number of alkyl halides is 1. The summed E-state index contributed by atoms with van der Waals surface area (Å²) in [5, 5.41) is 0. The molecule has 1 fully saturated rings. The van der Waals surface area contributed by atoms with Crippen molar-refractivity contribution in [3.63, 3.8) is 0 Å². The number of hydrogen-bond donors (Lipinski definition) is 0. The van der Waals surface area contributed by atoms with E-state index in [1.54, 1.807) is 0 Å². The highest BCUT2D eigenvalue weighted by Crippen LogP contribution is 2.05. The highest BCUT2D eigenvalue weighted by atomic mass is 127. The van der Waals surface area contributed by atoms with Gasteiger partial charge in [0.15, 0.2) is 6.29 Å². The van der Waals surface area contributed by atoms with Crippen molar-refractivity contribution in [3.05, 3.63) is 0 Å². The maximum atomic E-state index is 5.07.